The van der Waals surface area contributed by atoms with Crippen LogP contribution in [-0.4, -0.2) is 11.2 Å². The van der Waals surface area contributed by atoms with Gasteiger partial charge < -0.3 is 5.11 Å². The maximum atomic E-state index is 13.1. The first kappa shape index (κ1) is 10.9. The minimum Gasteiger partial charge on any atom is -0.388 e. The lowest BCUT2D eigenvalue weighted by Gasteiger charge is -2.10. The van der Waals surface area contributed by atoms with E-state index >= 15 is 0 Å². The third kappa shape index (κ3) is 2.64. The number of aliphatic hydroxyl groups excluding tert-OH is 1. The fraction of sp³-hybridized carbons (Fsp3) is 0.273. The van der Waals surface area contributed by atoms with Crippen LogP contribution in [0.2, 0.25) is 0 Å². The molecule has 1 unspecified atom stereocenters. The number of halogens is 2. The van der Waals surface area contributed by atoms with Crippen LogP contribution in [0.4, 0.5) is 8.78 Å². The summed E-state index contributed by atoms with van der Waals surface area (Å²) in [6.45, 7) is 5.21. The summed E-state index contributed by atoms with van der Waals surface area (Å²) in [5.41, 5.74) is 0.857. The second-order valence-electron chi connectivity index (χ2n) is 3.30. The van der Waals surface area contributed by atoms with Crippen molar-refractivity contribution in [3.63, 3.8) is 0 Å². The second-order valence-corrected chi connectivity index (χ2v) is 3.30. The average Bonchev–Trinajstić information content (AvgIpc) is 2.09. The SMILES string of the molecule is C=C(C)C(O)Cc1ccc(F)cc1F. The fourth-order valence-electron chi connectivity index (χ4n) is 1.07. The van der Waals surface area contributed by atoms with Crippen molar-refractivity contribution in [2.45, 2.75) is 19.4 Å². The number of hydrogen-bond acceptors (Lipinski definition) is 1. The number of aliphatic hydroxyl groups is 1. The maximum Gasteiger partial charge on any atom is 0.129 e. The van der Waals surface area contributed by atoms with Gasteiger partial charge in [0.25, 0.3) is 0 Å². The highest BCUT2D eigenvalue weighted by atomic mass is 19.1. The van der Waals surface area contributed by atoms with Crippen molar-refractivity contribution >= 4 is 0 Å². The number of benzene rings is 1. The molecule has 0 spiro atoms. The largest absolute Gasteiger partial charge is 0.388 e. The predicted molar refractivity (Wildman–Crippen MR) is 50.9 cm³/mol. The van der Waals surface area contributed by atoms with Crippen molar-refractivity contribution in [1.29, 1.82) is 0 Å². The van der Waals surface area contributed by atoms with Crippen LogP contribution in [0.15, 0.2) is 30.4 Å². The number of hydrogen-bond donors (Lipinski definition) is 1. The lowest BCUT2D eigenvalue weighted by atomic mass is 10.0. The molecule has 1 aromatic carbocycles. The van der Waals surface area contributed by atoms with E-state index in [1.165, 1.54) is 12.1 Å². The van der Waals surface area contributed by atoms with Crippen molar-refractivity contribution < 1.29 is 13.9 Å². The molecule has 0 saturated heterocycles. The highest BCUT2D eigenvalue weighted by molar-refractivity contribution is 5.21. The summed E-state index contributed by atoms with van der Waals surface area (Å²) >= 11 is 0. The van der Waals surface area contributed by atoms with Crippen LogP contribution >= 0.6 is 0 Å². The minimum absolute atomic E-state index is 0.126. The zero-order valence-electron chi connectivity index (χ0n) is 7.93. The average molecular weight is 198 g/mol. The molecule has 1 nitrogen and oxygen atoms in total. The van der Waals surface area contributed by atoms with E-state index in [9.17, 15) is 13.9 Å². The molecule has 0 saturated carbocycles. The van der Waals surface area contributed by atoms with Gasteiger partial charge in [-0.1, -0.05) is 18.2 Å². The Bertz CT molecular complexity index is 347. The Hall–Kier alpha value is -1.22. The Balaban J connectivity index is 2.82. The molecule has 76 valence electrons. The van der Waals surface area contributed by atoms with E-state index in [-0.39, 0.29) is 6.42 Å². The van der Waals surface area contributed by atoms with E-state index < -0.39 is 17.7 Å². The Morgan fingerprint density at radius 2 is 2.14 bits per heavy atom. The van der Waals surface area contributed by atoms with Crippen molar-refractivity contribution in [2.75, 3.05) is 0 Å². The van der Waals surface area contributed by atoms with E-state index in [2.05, 4.69) is 6.58 Å². The molecule has 0 fully saturated rings. The quantitative estimate of drug-likeness (QED) is 0.739. The van der Waals surface area contributed by atoms with Gasteiger partial charge >= 0.3 is 0 Å². The number of rotatable bonds is 3. The van der Waals surface area contributed by atoms with Crippen LogP contribution in [0.1, 0.15) is 12.5 Å². The molecule has 0 aliphatic carbocycles. The highest BCUT2D eigenvalue weighted by Crippen LogP contribution is 2.13. The maximum absolute atomic E-state index is 13.1. The van der Waals surface area contributed by atoms with Crippen LogP contribution in [0.5, 0.6) is 0 Å². The monoisotopic (exact) mass is 198 g/mol. The topological polar surface area (TPSA) is 20.2 Å². The second kappa shape index (κ2) is 4.33. The zero-order valence-corrected chi connectivity index (χ0v) is 7.93. The van der Waals surface area contributed by atoms with E-state index in [0.29, 0.717) is 11.1 Å². The van der Waals surface area contributed by atoms with Gasteiger partial charge in [0.15, 0.2) is 0 Å². The van der Waals surface area contributed by atoms with Crippen LogP contribution in [0, 0.1) is 11.6 Å². The Morgan fingerprint density at radius 1 is 1.50 bits per heavy atom. The summed E-state index contributed by atoms with van der Waals surface area (Å²) in [4.78, 5) is 0. The molecule has 1 rings (SSSR count). The van der Waals surface area contributed by atoms with E-state index in [1.807, 2.05) is 0 Å². The summed E-state index contributed by atoms with van der Waals surface area (Å²) in [6.07, 6.45) is -0.656. The van der Waals surface area contributed by atoms with Crippen molar-refractivity contribution in [3.05, 3.63) is 47.5 Å². The summed E-state index contributed by atoms with van der Waals surface area (Å²) in [5, 5.41) is 9.41. The molecule has 1 atom stereocenters. The predicted octanol–water partition coefficient (Wildman–Crippen LogP) is 2.44. The molecular formula is C11H12F2O. The fourth-order valence-corrected chi connectivity index (χ4v) is 1.07. The van der Waals surface area contributed by atoms with Gasteiger partial charge in [-0.3, -0.25) is 0 Å². The van der Waals surface area contributed by atoms with Crippen molar-refractivity contribution in [2.24, 2.45) is 0 Å². The molecule has 1 N–H and O–H groups in total. The Labute approximate surface area is 81.7 Å². The first-order chi connectivity index (χ1) is 6.50. The summed E-state index contributed by atoms with van der Waals surface area (Å²) in [7, 11) is 0. The van der Waals surface area contributed by atoms with Crippen LogP contribution in [-0.2, 0) is 6.42 Å². The summed E-state index contributed by atoms with van der Waals surface area (Å²) in [5.74, 6) is -1.25. The minimum atomic E-state index is -0.782. The normalized spacial score (nSPS) is 12.6. The highest BCUT2D eigenvalue weighted by Gasteiger charge is 2.10. The van der Waals surface area contributed by atoms with Gasteiger partial charge in [-0.25, -0.2) is 8.78 Å². The van der Waals surface area contributed by atoms with Gasteiger partial charge in [-0.15, -0.1) is 0 Å². The Kier molecular flexibility index (Phi) is 3.36. The summed E-state index contributed by atoms with van der Waals surface area (Å²) in [6, 6.07) is 3.31. The van der Waals surface area contributed by atoms with Crippen molar-refractivity contribution in [3.8, 4) is 0 Å². The first-order valence-electron chi connectivity index (χ1n) is 4.28. The van der Waals surface area contributed by atoms with Crippen LogP contribution in [0.3, 0.4) is 0 Å². The van der Waals surface area contributed by atoms with Gasteiger partial charge in [0.2, 0.25) is 0 Å². The smallest absolute Gasteiger partial charge is 0.129 e. The molecule has 0 radical (unpaired) electrons. The van der Waals surface area contributed by atoms with Gasteiger partial charge in [0, 0.05) is 12.5 Å². The van der Waals surface area contributed by atoms with E-state index in [1.54, 1.807) is 6.92 Å². The molecule has 0 aliphatic rings. The molecule has 0 amide bonds. The Morgan fingerprint density at radius 3 is 2.64 bits per heavy atom. The van der Waals surface area contributed by atoms with Gasteiger partial charge in [0.1, 0.15) is 11.6 Å². The zero-order chi connectivity index (χ0) is 10.7. The molecular weight excluding hydrogens is 186 g/mol. The molecule has 0 aromatic heterocycles. The van der Waals surface area contributed by atoms with E-state index in [4.69, 9.17) is 0 Å². The van der Waals surface area contributed by atoms with E-state index in [0.717, 1.165) is 6.07 Å². The molecule has 0 heterocycles. The molecule has 3 heteroatoms. The first-order valence-corrected chi connectivity index (χ1v) is 4.28. The molecule has 0 aliphatic heterocycles. The standard InChI is InChI=1S/C11H12F2O/c1-7(2)11(14)5-8-3-4-9(12)6-10(8)13/h3-4,6,11,14H,1,5H2,2H3. The van der Waals surface area contributed by atoms with Crippen molar-refractivity contribution in [1.82, 2.24) is 0 Å². The lowest BCUT2D eigenvalue weighted by Crippen LogP contribution is -2.12. The third-order valence-electron chi connectivity index (χ3n) is 2.00. The van der Waals surface area contributed by atoms with Gasteiger partial charge in [-0.2, -0.15) is 0 Å². The third-order valence-corrected chi connectivity index (χ3v) is 2.00. The lowest BCUT2D eigenvalue weighted by molar-refractivity contribution is 0.210. The van der Waals surface area contributed by atoms with Gasteiger partial charge in [0.05, 0.1) is 6.10 Å². The van der Waals surface area contributed by atoms with Crippen LogP contribution < -0.4 is 0 Å². The molecule has 0 bridgehead atoms. The molecule has 1 aromatic rings. The van der Waals surface area contributed by atoms with Crippen LogP contribution in [0.25, 0.3) is 0 Å². The summed E-state index contributed by atoms with van der Waals surface area (Å²) < 4.78 is 25.6. The molecule has 14 heavy (non-hydrogen) atoms. The van der Waals surface area contributed by atoms with Gasteiger partial charge in [-0.05, 0) is 18.6 Å².